The molecule has 0 unspecified atom stereocenters. The predicted molar refractivity (Wildman–Crippen MR) is 73.1 cm³/mol. The topological polar surface area (TPSA) is 38.9 Å². The van der Waals surface area contributed by atoms with E-state index in [1.54, 1.807) is 0 Å². The van der Waals surface area contributed by atoms with Crippen LogP contribution in [0.2, 0.25) is 5.02 Å². The summed E-state index contributed by atoms with van der Waals surface area (Å²) in [6.07, 6.45) is 0. The normalized spacial score (nSPS) is 9.50. The number of nitrogens with zero attached hydrogens (tertiary/aromatic N) is 1. The van der Waals surface area contributed by atoms with E-state index in [2.05, 4.69) is 4.98 Å². The number of aryl methyl sites for hydroxylation is 1. The van der Waals surface area contributed by atoms with Crippen molar-refractivity contribution in [2.75, 3.05) is 5.73 Å². The monoisotopic (exact) mass is 254 g/mol. The highest BCUT2D eigenvalue weighted by atomic mass is 35.5. The van der Waals surface area contributed by atoms with Gasteiger partial charge in [0, 0.05) is 10.6 Å². The molecule has 0 atom stereocenters. The van der Waals surface area contributed by atoms with Gasteiger partial charge in [0.2, 0.25) is 0 Å². The van der Waals surface area contributed by atoms with Crippen LogP contribution in [-0.4, -0.2) is 4.98 Å². The third-order valence-electron chi connectivity index (χ3n) is 1.93. The number of hydrogen-bond acceptors (Lipinski definition) is 3. The van der Waals surface area contributed by atoms with Crippen molar-refractivity contribution in [3.8, 4) is 10.4 Å². The van der Waals surface area contributed by atoms with Crippen LogP contribution >= 0.6 is 22.9 Å². The van der Waals surface area contributed by atoms with E-state index in [1.165, 1.54) is 11.3 Å². The molecule has 86 valence electrons. The first-order valence-electron chi connectivity index (χ1n) is 5.16. The minimum atomic E-state index is 0.581. The summed E-state index contributed by atoms with van der Waals surface area (Å²) in [6, 6.07) is 7.71. The zero-order valence-corrected chi connectivity index (χ0v) is 11.2. The molecule has 0 aliphatic carbocycles. The van der Waals surface area contributed by atoms with Gasteiger partial charge in [-0.05, 0) is 13.0 Å². The summed E-state index contributed by atoms with van der Waals surface area (Å²) < 4.78 is 0. The molecule has 4 heteroatoms. The van der Waals surface area contributed by atoms with Crippen LogP contribution in [0.5, 0.6) is 0 Å². The molecule has 0 saturated carbocycles. The summed E-state index contributed by atoms with van der Waals surface area (Å²) in [7, 11) is 0. The Bertz CT molecular complexity index is 466. The highest BCUT2D eigenvalue weighted by Crippen LogP contribution is 2.35. The van der Waals surface area contributed by atoms with Gasteiger partial charge >= 0.3 is 0 Å². The van der Waals surface area contributed by atoms with Crippen molar-refractivity contribution in [1.29, 1.82) is 0 Å². The van der Waals surface area contributed by atoms with Crippen molar-refractivity contribution in [1.82, 2.24) is 4.98 Å². The van der Waals surface area contributed by atoms with Gasteiger partial charge in [0.1, 0.15) is 0 Å². The third-order valence-corrected chi connectivity index (χ3v) is 3.28. The minimum absolute atomic E-state index is 0.581. The van der Waals surface area contributed by atoms with Gasteiger partial charge in [-0.2, -0.15) is 0 Å². The van der Waals surface area contributed by atoms with Crippen molar-refractivity contribution in [2.45, 2.75) is 20.8 Å². The van der Waals surface area contributed by atoms with E-state index in [1.807, 2.05) is 45.0 Å². The number of halogens is 1. The van der Waals surface area contributed by atoms with E-state index in [-0.39, 0.29) is 0 Å². The molecule has 0 saturated heterocycles. The maximum atomic E-state index is 6.08. The van der Waals surface area contributed by atoms with Gasteiger partial charge in [-0.15, -0.1) is 0 Å². The molecule has 0 aliphatic heterocycles. The molecular formula is C12H15ClN2S. The second kappa shape index (κ2) is 5.87. The van der Waals surface area contributed by atoms with Crippen LogP contribution in [0.4, 0.5) is 5.13 Å². The van der Waals surface area contributed by atoms with Crippen LogP contribution < -0.4 is 5.73 Å². The van der Waals surface area contributed by atoms with Crippen LogP contribution in [0.1, 0.15) is 19.5 Å². The standard InChI is InChI=1S/C10H9ClN2S.C2H6/c1-6-9(14-10(12)13-6)7-4-2-3-5-8(7)11;1-2/h2-5H,1H3,(H2,12,13);1-2H3. The highest BCUT2D eigenvalue weighted by Gasteiger charge is 2.10. The van der Waals surface area contributed by atoms with Crippen molar-refractivity contribution in [3.05, 3.63) is 35.0 Å². The Morgan fingerprint density at radius 1 is 1.25 bits per heavy atom. The predicted octanol–water partition coefficient (Wildman–Crippen LogP) is 4.38. The average Bonchev–Trinajstić information content (AvgIpc) is 2.61. The lowest BCUT2D eigenvalue weighted by molar-refractivity contribution is 1.27. The van der Waals surface area contributed by atoms with Crippen LogP contribution in [0, 0.1) is 6.92 Å². The van der Waals surface area contributed by atoms with E-state index < -0.39 is 0 Å². The van der Waals surface area contributed by atoms with Crippen molar-refractivity contribution in [3.63, 3.8) is 0 Å². The summed E-state index contributed by atoms with van der Waals surface area (Å²) in [5.74, 6) is 0. The van der Waals surface area contributed by atoms with E-state index in [0.29, 0.717) is 5.13 Å². The first kappa shape index (κ1) is 13.0. The smallest absolute Gasteiger partial charge is 0.180 e. The molecular weight excluding hydrogens is 240 g/mol. The second-order valence-electron chi connectivity index (χ2n) is 2.95. The SMILES string of the molecule is CC.Cc1nc(N)sc1-c1ccccc1Cl. The maximum Gasteiger partial charge on any atom is 0.180 e. The zero-order chi connectivity index (χ0) is 12.1. The minimum Gasteiger partial charge on any atom is -0.375 e. The number of hydrogen-bond donors (Lipinski definition) is 1. The number of thiazole rings is 1. The molecule has 0 aliphatic rings. The summed E-state index contributed by atoms with van der Waals surface area (Å²) in [5, 5.41) is 1.32. The molecule has 0 fully saturated rings. The van der Waals surface area contributed by atoms with Gasteiger partial charge in [-0.1, -0.05) is 55.0 Å². The first-order chi connectivity index (χ1) is 7.68. The Kier molecular flexibility index (Phi) is 4.77. The average molecular weight is 255 g/mol. The lowest BCUT2D eigenvalue weighted by Crippen LogP contribution is -1.81. The molecule has 0 bridgehead atoms. The summed E-state index contributed by atoms with van der Waals surface area (Å²) in [6.45, 7) is 5.94. The molecule has 0 spiro atoms. The summed E-state index contributed by atoms with van der Waals surface area (Å²) >= 11 is 7.54. The van der Waals surface area contributed by atoms with Crippen molar-refractivity contribution in [2.24, 2.45) is 0 Å². The third kappa shape index (κ3) is 2.74. The van der Waals surface area contributed by atoms with Crippen molar-refractivity contribution >= 4 is 28.1 Å². The largest absolute Gasteiger partial charge is 0.375 e. The van der Waals surface area contributed by atoms with E-state index in [4.69, 9.17) is 17.3 Å². The van der Waals surface area contributed by atoms with Gasteiger partial charge < -0.3 is 5.73 Å². The zero-order valence-electron chi connectivity index (χ0n) is 9.62. The number of anilines is 1. The number of nitrogen functional groups attached to an aromatic ring is 1. The lowest BCUT2D eigenvalue weighted by Gasteiger charge is -2.00. The number of nitrogens with two attached hydrogens (primary N) is 1. The Labute approximate surface area is 105 Å². The fraction of sp³-hybridized carbons (Fsp3) is 0.250. The molecule has 2 aromatic rings. The molecule has 1 aromatic carbocycles. The fourth-order valence-corrected chi connectivity index (χ4v) is 2.47. The number of benzene rings is 1. The van der Waals surface area contributed by atoms with Gasteiger partial charge in [0.25, 0.3) is 0 Å². The lowest BCUT2D eigenvalue weighted by atomic mass is 10.2. The van der Waals surface area contributed by atoms with E-state index in [9.17, 15) is 0 Å². The molecule has 0 radical (unpaired) electrons. The van der Waals surface area contributed by atoms with Crippen LogP contribution in [0.15, 0.2) is 24.3 Å². The summed E-state index contributed by atoms with van der Waals surface area (Å²) in [5.41, 5.74) is 7.56. The first-order valence-corrected chi connectivity index (χ1v) is 6.35. The molecule has 1 aromatic heterocycles. The Morgan fingerprint density at radius 3 is 2.38 bits per heavy atom. The van der Waals surface area contributed by atoms with Gasteiger partial charge in [-0.25, -0.2) is 4.98 Å². The van der Waals surface area contributed by atoms with Crippen LogP contribution in [-0.2, 0) is 0 Å². The Morgan fingerprint density at radius 2 is 1.88 bits per heavy atom. The molecule has 2 rings (SSSR count). The number of aromatic nitrogens is 1. The van der Waals surface area contributed by atoms with Crippen molar-refractivity contribution < 1.29 is 0 Å². The molecule has 2 N–H and O–H groups in total. The van der Waals surface area contributed by atoms with Crippen LogP contribution in [0.3, 0.4) is 0 Å². The van der Waals surface area contributed by atoms with Crippen LogP contribution in [0.25, 0.3) is 10.4 Å². The molecule has 2 nitrogen and oxygen atoms in total. The van der Waals surface area contributed by atoms with E-state index in [0.717, 1.165) is 21.2 Å². The Hall–Kier alpha value is -1.06. The molecule has 0 amide bonds. The Balaban J connectivity index is 0.000000606. The quantitative estimate of drug-likeness (QED) is 0.820. The second-order valence-corrected chi connectivity index (χ2v) is 4.38. The maximum absolute atomic E-state index is 6.08. The number of rotatable bonds is 1. The van der Waals surface area contributed by atoms with E-state index >= 15 is 0 Å². The molecule has 16 heavy (non-hydrogen) atoms. The molecule has 1 heterocycles. The van der Waals surface area contributed by atoms with Gasteiger partial charge in [0.05, 0.1) is 10.6 Å². The fourth-order valence-electron chi connectivity index (χ4n) is 1.31. The highest BCUT2D eigenvalue weighted by molar-refractivity contribution is 7.19. The van der Waals surface area contributed by atoms with Gasteiger partial charge in [-0.3, -0.25) is 0 Å². The van der Waals surface area contributed by atoms with Gasteiger partial charge in [0.15, 0.2) is 5.13 Å². The summed E-state index contributed by atoms with van der Waals surface area (Å²) in [4.78, 5) is 5.22.